The fourth-order valence-electron chi connectivity index (χ4n) is 2.64. The van der Waals surface area contributed by atoms with Crippen molar-refractivity contribution < 1.29 is 4.92 Å². The van der Waals surface area contributed by atoms with Crippen molar-refractivity contribution in [3.05, 3.63) is 21.5 Å². The fourth-order valence-corrected chi connectivity index (χ4v) is 2.64. The van der Waals surface area contributed by atoms with E-state index in [9.17, 15) is 10.1 Å². The van der Waals surface area contributed by atoms with E-state index in [1.54, 1.807) is 0 Å². The summed E-state index contributed by atoms with van der Waals surface area (Å²) in [6.07, 6.45) is 3.40. The SMILES string of the molecule is CCc1nn(C2CCCNC2)c(CC)c1[N+](=O)[O-]. The molecule has 1 aromatic rings. The molecule has 0 radical (unpaired) electrons. The van der Waals surface area contributed by atoms with Crippen LogP contribution in [0.2, 0.25) is 0 Å². The summed E-state index contributed by atoms with van der Waals surface area (Å²) < 4.78 is 1.89. The van der Waals surface area contributed by atoms with Crippen LogP contribution in [0.4, 0.5) is 5.69 Å². The van der Waals surface area contributed by atoms with Crippen LogP contribution in [0.25, 0.3) is 0 Å². The van der Waals surface area contributed by atoms with Gasteiger partial charge in [0.1, 0.15) is 11.4 Å². The Balaban J connectivity index is 2.42. The minimum absolute atomic E-state index is 0.227. The Kier molecular flexibility index (Phi) is 3.96. The monoisotopic (exact) mass is 252 g/mol. The highest BCUT2D eigenvalue weighted by Gasteiger charge is 2.29. The second-order valence-electron chi connectivity index (χ2n) is 4.65. The molecule has 1 unspecified atom stereocenters. The standard InChI is InChI=1S/C12H20N4O2/c1-3-10-12(16(17)18)11(4-2)15(14-10)9-6-5-7-13-8-9/h9,13H,3-8H2,1-2H3. The summed E-state index contributed by atoms with van der Waals surface area (Å²) in [6, 6.07) is 0.257. The van der Waals surface area contributed by atoms with Crippen molar-refractivity contribution in [3.63, 3.8) is 0 Å². The summed E-state index contributed by atoms with van der Waals surface area (Å²) >= 11 is 0. The molecule has 1 aromatic heterocycles. The van der Waals surface area contributed by atoms with Crippen LogP contribution in [-0.2, 0) is 12.8 Å². The van der Waals surface area contributed by atoms with Gasteiger partial charge in [0, 0.05) is 6.54 Å². The third-order valence-electron chi connectivity index (χ3n) is 3.52. The van der Waals surface area contributed by atoms with E-state index >= 15 is 0 Å². The van der Waals surface area contributed by atoms with Crippen molar-refractivity contribution >= 4 is 5.69 Å². The highest BCUT2D eigenvalue weighted by molar-refractivity contribution is 5.41. The summed E-state index contributed by atoms with van der Waals surface area (Å²) in [5.41, 5.74) is 1.61. The van der Waals surface area contributed by atoms with Gasteiger partial charge in [-0.3, -0.25) is 14.8 Å². The topological polar surface area (TPSA) is 73.0 Å². The first-order valence-electron chi connectivity index (χ1n) is 6.64. The number of piperidine rings is 1. The molecule has 1 fully saturated rings. The number of hydrogen-bond acceptors (Lipinski definition) is 4. The molecule has 6 heteroatoms. The van der Waals surface area contributed by atoms with Crippen molar-refractivity contribution in [1.82, 2.24) is 15.1 Å². The van der Waals surface area contributed by atoms with Crippen molar-refractivity contribution in [2.24, 2.45) is 0 Å². The Bertz CT molecular complexity index is 436. The van der Waals surface area contributed by atoms with Gasteiger partial charge in [0.2, 0.25) is 0 Å². The lowest BCUT2D eigenvalue weighted by molar-refractivity contribution is -0.386. The maximum atomic E-state index is 11.2. The van der Waals surface area contributed by atoms with Crippen LogP contribution in [0.15, 0.2) is 0 Å². The highest BCUT2D eigenvalue weighted by Crippen LogP contribution is 2.29. The third-order valence-corrected chi connectivity index (χ3v) is 3.52. The molecule has 0 amide bonds. The first kappa shape index (κ1) is 13.0. The summed E-state index contributed by atoms with van der Waals surface area (Å²) in [6.45, 7) is 5.76. The molecule has 1 saturated heterocycles. The van der Waals surface area contributed by atoms with Gasteiger partial charge in [-0.15, -0.1) is 0 Å². The molecule has 1 aliphatic rings. The lowest BCUT2D eigenvalue weighted by Gasteiger charge is -2.24. The van der Waals surface area contributed by atoms with E-state index < -0.39 is 0 Å². The Hall–Kier alpha value is -1.43. The zero-order chi connectivity index (χ0) is 13.1. The predicted molar refractivity (Wildman–Crippen MR) is 68.8 cm³/mol. The van der Waals surface area contributed by atoms with Crippen LogP contribution < -0.4 is 5.32 Å². The van der Waals surface area contributed by atoms with Gasteiger partial charge in [-0.25, -0.2) is 0 Å². The molecular formula is C12H20N4O2. The Labute approximate surface area is 107 Å². The Morgan fingerprint density at radius 2 is 2.28 bits per heavy atom. The molecule has 0 aromatic carbocycles. The average Bonchev–Trinajstić information content (AvgIpc) is 2.78. The highest BCUT2D eigenvalue weighted by atomic mass is 16.6. The number of nitro groups is 1. The lowest BCUT2D eigenvalue weighted by atomic mass is 10.1. The number of rotatable bonds is 4. The quantitative estimate of drug-likeness (QED) is 0.655. The predicted octanol–water partition coefficient (Wildman–Crippen LogP) is 1.84. The molecule has 2 rings (SSSR count). The van der Waals surface area contributed by atoms with Gasteiger partial charge in [-0.2, -0.15) is 5.10 Å². The number of nitrogens with one attached hydrogen (secondary N) is 1. The molecule has 0 aliphatic carbocycles. The third kappa shape index (κ3) is 2.25. The van der Waals surface area contributed by atoms with Gasteiger partial charge < -0.3 is 5.32 Å². The molecule has 0 saturated carbocycles. The molecule has 1 atom stereocenters. The summed E-state index contributed by atoms with van der Waals surface area (Å²) in [4.78, 5) is 10.9. The molecular weight excluding hydrogens is 232 g/mol. The van der Waals surface area contributed by atoms with Crippen LogP contribution in [0.3, 0.4) is 0 Å². The molecule has 1 aliphatic heterocycles. The van der Waals surface area contributed by atoms with E-state index in [-0.39, 0.29) is 16.7 Å². The summed E-state index contributed by atoms with van der Waals surface area (Å²) in [5, 5.41) is 19.0. The van der Waals surface area contributed by atoms with E-state index in [1.807, 2.05) is 18.5 Å². The summed E-state index contributed by atoms with van der Waals surface area (Å²) in [5.74, 6) is 0. The zero-order valence-corrected chi connectivity index (χ0v) is 11.0. The smallest absolute Gasteiger partial charge is 0.313 e. The minimum Gasteiger partial charge on any atom is -0.315 e. The van der Waals surface area contributed by atoms with Gasteiger partial charge in [0.05, 0.1) is 11.0 Å². The van der Waals surface area contributed by atoms with Gasteiger partial charge in [-0.05, 0) is 32.2 Å². The zero-order valence-electron chi connectivity index (χ0n) is 11.0. The first-order valence-corrected chi connectivity index (χ1v) is 6.64. The van der Waals surface area contributed by atoms with Crippen LogP contribution in [0.5, 0.6) is 0 Å². The van der Waals surface area contributed by atoms with E-state index in [0.717, 1.165) is 31.6 Å². The molecule has 100 valence electrons. The van der Waals surface area contributed by atoms with Gasteiger partial charge >= 0.3 is 5.69 Å². The van der Waals surface area contributed by atoms with Crippen molar-refractivity contribution in [2.45, 2.75) is 45.6 Å². The maximum Gasteiger partial charge on any atom is 0.313 e. The molecule has 2 heterocycles. The lowest BCUT2D eigenvalue weighted by Crippen LogP contribution is -2.32. The summed E-state index contributed by atoms with van der Waals surface area (Å²) in [7, 11) is 0. The normalized spacial score (nSPS) is 20.0. The Morgan fingerprint density at radius 1 is 1.50 bits per heavy atom. The molecule has 0 bridgehead atoms. The fraction of sp³-hybridized carbons (Fsp3) is 0.750. The molecule has 6 nitrogen and oxygen atoms in total. The number of aromatic nitrogens is 2. The number of nitrogens with zero attached hydrogens (tertiary/aromatic N) is 3. The van der Waals surface area contributed by atoms with E-state index in [1.165, 1.54) is 0 Å². The van der Waals surface area contributed by atoms with Crippen molar-refractivity contribution in [1.29, 1.82) is 0 Å². The van der Waals surface area contributed by atoms with Gasteiger partial charge in [0.15, 0.2) is 0 Å². The Morgan fingerprint density at radius 3 is 2.78 bits per heavy atom. The number of aryl methyl sites for hydroxylation is 1. The van der Waals surface area contributed by atoms with Crippen molar-refractivity contribution in [2.75, 3.05) is 13.1 Å². The molecule has 18 heavy (non-hydrogen) atoms. The second kappa shape index (κ2) is 5.48. The largest absolute Gasteiger partial charge is 0.315 e. The minimum atomic E-state index is -0.280. The second-order valence-corrected chi connectivity index (χ2v) is 4.65. The van der Waals surface area contributed by atoms with E-state index in [2.05, 4.69) is 10.4 Å². The molecule has 1 N–H and O–H groups in total. The van der Waals surface area contributed by atoms with Gasteiger partial charge in [-0.1, -0.05) is 13.8 Å². The van der Waals surface area contributed by atoms with Crippen LogP contribution in [0, 0.1) is 10.1 Å². The van der Waals surface area contributed by atoms with E-state index in [4.69, 9.17) is 0 Å². The van der Waals surface area contributed by atoms with Crippen LogP contribution in [0.1, 0.15) is 44.1 Å². The van der Waals surface area contributed by atoms with Gasteiger partial charge in [0.25, 0.3) is 0 Å². The van der Waals surface area contributed by atoms with Crippen molar-refractivity contribution in [3.8, 4) is 0 Å². The average molecular weight is 252 g/mol. The molecule has 0 spiro atoms. The first-order chi connectivity index (χ1) is 8.69. The number of hydrogen-bond donors (Lipinski definition) is 1. The maximum absolute atomic E-state index is 11.2. The van der Waals surface area contributed by atoms with Crippen LogP contribution >= 0.6 is 0 Å². The van der Waals surface area contributed by atoms with E-state index in [0.29, 0.717) is 18.5 Å². The van der Waals surface area contributed by atoms with Crippen LogP contribution in [-0.4, -0.2) is 27.8 Å².